The maximum Gasteiger partial charge on any atom is 0.337 e. The van der Waals surface area contributed by atoms with Crippen molar-refractivity contribution in [1.29, 1.82) is 0 Å². The molecule has 1 heterocycles. The van der Waals surface area contributed by atoms with Crippen LogP contribution in [0, 0.1) is 0 Å². The summed E-state index contributed by atoms with van der Waals surface area (Å²) in [5.41, 5.74) is 0.120. The summed E-state index contributed by atoms with van der Waals surface area (Å²) >= 11 is 0. The molecule has 1 aromatic rings. The van der Waals surface area contributed by atoms with Crippen LogP contribution < -0.4 is 0 Å². The molecule has 100 valence electrons. The van der Waals surface area contributed by atoms with Gasteiger partial charge >= 0.3 is 5.97 Å². The van der Waals surface area contributed by atoms with Gasteiger partial charge in [-0.3, -0.25) is 4.90 Å². The Hall–Kier alpha value is -1.10. The van der Waals surface area contributed by atoms with Gasteiger partial charge in [0.05, 0.1) is 6.61 Å². The number of morpholine rings is 1. The van der Waals surface area contributed by atoms with Crippen LogP contribution in [0.15, 0.2) is 30.3 Å². The van der Waals surface area contributed by atoms with Gasteiger partial charge in [-0.1, -0.05) is 30.3 Å². The zero-order valence-corrected chi connectivity index (χ0v) is 11.2. The Morgan fingerprint density at radius 3 is 2.72 bits per heavy atom. The third kappa shape index (κ3) is 3.45. The van der Waals surface area contributed by atoms with E-state index in [1.54, 1.807) is 6.92 Å². The molecule has 2 rings (SSSR count). The highest BCUT2D eigenvalue weighted by Crippen LogP contribution is 2.19. The van der Waals surface area contributed by atoms with Gasteiger partial charge in [0, 0.05) is 19.6 Å². The highest BCUT2D eigenvalue weighted by atomic mass is 35.5. The molecule has 0 aromatic heterocycles. The van der Waals surface area contributed by atoms with Gasteiger partial charge in [-0.25, -0.2) is 4.79 Å². The molecule has 0 aliphatic carbocycles. The number of nitrogens with zero attached hydrogens (tertiary/aromatic N) is 1. The summed E-state index contributed by atoms with van der Waals surface area (Å²) in [6.07, 6.45) is 0. The lowest BCUT2D eigenvalue weighted by Crippen LogP contribution is -2.54. The molecule has 1 aromatic carbocycles. The molecule has 1 unspecified atom stereocenters. The van der Waals surface area contributed by atoms with Crippen molar-refractivity contribution in [3.63, 3.8) is 0 Å². The van der Waals surface area contributed by atoms with E-state index in [2.05, 4.69) is 4.90 Å². The van der Waals surface area contributed by atoms with Gasteiger partial charge in [0.25, 0.3) is 0 Å². The Labute approximate surface area is 113 Å². The fraction of sp³-hybridized carbons (Fsp3) is 0.462. The van der Waals surface area contributed by atoms with Gasteiger partial charge in [-0.15, -0.1) is 12.4 Å². The molecule has 18 heavy (non-hydrogen) atoms. The maximum absolute atomic E-state index is 11.1. The van der Waals surface area contributed by atoms with Crippen LogP contribution in [0.4, 0.5) is 0 Å². The number of benzene rings is 1. The summed E-state index contributed by atoms with van der Waals surface area (Å²) in [6, 6.07) is 10.1. The number of hydrogen-bond acceptors (Lipinski definition) is 3. The number of rotatable bonds is 3. The minimum absolute atomic E-state index is 0. The van der Waals surface area contributed by atoms with Crippen LogP contribution in [0.2, 0.25) is 0 Å². The molecule has 1 saturated heterocycles. The van der Waals surface area contributed by atoms with Crippen molar-refractivity contribution in [3.05, 3.63) is 35.9 Å². The minimum atomic E-state index is -1.08. The molecule has 5 heteroatoms. The third-order valence-corrected chi connectivity index (χ3v) is 3.05. The minimum Gasteiger partial charge on any atom is -0.479 e. The fourth-order valence-electron chi connectivity index (χ4n) is 2.06. The molecule has 0 saturated carbocycles. The first-order valence-corrected chi connectivity index (χ1v) is 5.74. The largest absolute Gasteiger partial charge is 0.479 e. The fourth-order valence-corrected chi connectivity index (χ4v) is 2.06. The van der Waals surface area contributed by atoms with E-state index in [0.29, 0.717) is 13.2 Å². The highest BCUT2D eigenvalue weighted by Gasteiger charge is 2.39. The number of carboxylic acid groups (broad SMARTS) is 1. The van der Waals surface area contributed by atoms with E-state index in [-0.39, 0.29) is 12.4 Å². The number of halogens is 1. The van der Waals surface area contributed by atoms with Crippen molar-refractivity contribution in [2.75, 3.05) is 19.7 Å². The van der Waals surface area contributed by atoms with Crippen molar-refractivity contribution < 1.29 is 14.6 Å². The van der Waals surface area contributed by atoms with E-state index in [1.807, 2.05) is 30.3 Å². The van der Waals surface area contributed by atoms with Crippen LogP contribution >= 0.6 is 12.4 Å². The maximum atomic E-state index is 11.1. The lowest BCUT2D eigenvalue weighted by atomic mass is 10.0. The van der Waals surface area contributed by atoms with Crippen LogP contribution in [0.3, 0.4) is 0 Å². The Balaban J connectivity index is 0.00000162. The van der Waals surface area contributed by atoms with Gasteiger partial charge in [0.1, 0.15) is 0 Å². The monoisotopic (exact) mass is 271 g/mol. The molecule has 1 aliphatic rings. The van der Waals surface area contributed by atoms with E-state index in [0.717, 1.165) is 13.1 Å². The van der Waals surface area contributed by atoms with Crippen molar-refractivity contribution in [1.82, 2.24) is 4.90 Å². The predicted molar refractivity (Wildman–Crippen MR) is 71.0 cm³/mol. The molecule has 0 amide bonds. The zero-order chi connectivity index (χ0) is 12.3. The van der Waals surface area contributed by atoms with Crippen LogP contribution in [0.5, 0.6) is 0 Å². The van der Waals surface area contributed by atoms with Gasteiger partial charge in [-0.05, 0) is 12.5 Å². The normalized spacial score (nSPS) is 24.3. The SMILES string of the molecule is CC1(C(=O)O)CN(Cc2ccccc2)CCO1.Cl. The second-order valence-corrected chi connectivity index (χ2v) is 4.58. The molecule has 1 aliphatic heterocycles. The van der Waals surface area contributed by atoms with E-state index in [4.69, 9.17) is 9.84 Å². The van der Waals surface area contributed by atoms with Crippen molar-refractivity contribution >= 4 is 18.4 Å². The quantitative estimate of drug-likeness (QED) is 0.911. The Morgan fingerprint density at radius 1 is 1.44 bits per heavy atom. The molecule has 0 spiro atoms. The number of carbonyl (C=O) groups is 1. The molecular weight excluding hydrogens is 254 g/mol. The van der Waals surface area contributed by atoms with Crippen LogP contribution in [0.25, 0.3) is 0 Å². The van der Waals surface area contributed by atoms with Crippen LogP contribution in [0.1, 0.15) is 12.5 Å². The predicted octanol–water partition coefficient (Wildman–Crippen LogP) is 1.78. The van der Waals surface area contributed by atoms with E-state index < -0.39 is 11.6 Å². The summed E-state index contributed by atoms with van der Waals surface area (Å²) in [5.74, 6) is -0.893. The lowest BCUT2D eigenvalue weighted by Gasteiger charge is -2.37. The van der Waals surface area contributed by atoms with Gasteiger partial charge in [-0.2, -0.15) is 0 Å². The zero-order valence-electron chi connectivity index (χ0n) is 10.3. The van der Waals surface area contributed by atoms with Gasteiger partial charge < -0.3 is 9.84 Å². The summed E-state index contributed by atoms with van der Waals surface area (Å²) in [7, 11) is 0. The first kappa shape index (κ1) is 15.0. The standard InChI is InChI=1S/C13H17NO3.ClH/c1-13(12(15)16)10-14(7-8-17-13)9-11-5-3-2-4-6-11;/h2-6H,7-10H2,1H3,(H,15,16);1H. The van der Waals surface area contributed by atoms with Crippen LogP contribution in [-0.4, -0.2) is 41.3 Å². The number of hydrogen-bond donors (Lipinski definition) is 1. The second-order valence-electron chi connectivity index (χ2n) is 4.58. The molecule has 1 N–H and O–H groups in total. The van der Waals surface area contributed by atoms with Crippen molar-refractivity contribution in [2.24, 2.45) is 0 Å². The van der Waals surface area contributed by atoms with Crippen molar-refractivity contribution in [2.45, 2.75) is 19.1 Å². The molecule has 1 fully saturated rings. The topological polar surface area (TPSA) is 49.8 Å². The molecular formula is C13H18ClNO3. The number of carboxylic acids is 1. The average molecular weight is 272 g/mol. The average Bonchev–Trinajstić information content (AvgIpc) is 2.30. The summed E-state index contributed by atoms with van der Waals surface area (Å²) in [4.78, 5) is 13.2. The van der Waals surface area contributed by atoms with E-state index >= 15 is 0 Å². The number of ether oxygens (including phenoxy) is 1. The Morgan fingerprint density at radius 2 is 2.11 bits per heavy atom. The number of aliphatic carboxylic acids is 1. The lowest BCUT2D eigenvalue weighted by molar-refractivity contribution is -0.174. The summed E-state index contributed by atoms with van der Waals surface area (Å²) < 4.78 is 5.35. The summed E-state index contributed by atoms with van der Waals surface area (Å²) in [5, 5.41) is 9.13. The molecule has 0 bridgehead atoms. The molecule has 1 atom stereocenters. The Bertz CT molecular complexity index is 398. The van der Waals surface area contributed by atoms with Gasteiger partial charge in [0.2, 0.25) is 0 Å². The smallest absolute Gasteiger partial charge is 0.337 e. The molecule has 4 nitrogen and oxygen atoms in total. The first-order valence-electron chi connectivity index (χ1n) is 5.74. The van der Waals surface area contributed by atoms with Crippen LogP contribution in [-0.2, 0) is 16.1 Å². The first-order chi connectivity index (χ1) is 8.10. The van der Waals surface area contributed by atoms with Crippen molar-refractivity contribution in [3.8, 4) is 0 Å². The Kier molecular flexibility index (Phi) is 5.14. The highest BCUT2D eigenvalue weighted by molar-refractivity contribution is 5.85. The van der Waals surface area contributed by atoms with Gasteiger partial charge in [0.15, 0.2) is 5.60 Å². The third-order valence-electron chi connectivity index (χ3n) is 3.05. The second kappa shape index (κ2) is 6.18. The van der Waals surface area contributed by atoms with E-state index in [9.17, 15) is 4.79 Å². The molecule has 0 radical (unpaired) electrons. The van der Waals surface area contributed by atoms with E-state index in [1.165, 1.54) is 5.56 Å². The summed E-state index contributed by atoms with van der Waals surface area (Å²) in [6.45, 7) is 4.07.